The molecule has 9 heteroatoms. The first-order valence-corrected chi connectivity index (χ1v) is 11.1. The summed E-state index contributed by atoms with van der Waals surface area (Å²) in [7, 11) is -3.95. The molecule has 2 fully saturated rings. The third kappa shape index (κ3) is 3.65. The van der Waals surface area contributed by atoms with Gasteiger partial charge < -0.3 is 4.90 Å². The minimum Gasteiger partial charge on any atom is -0.339 e. The number of carbonyl (C=O) groups is 1. The summed E-state index contributed by atoms with van der Waals surface area (Å²) in [6.07, 6.45) is 1.50. The molecule has 0 atom stereocenters. The van der Waals surface area contributed by atoms with Crippen LogP contribution in [-0.4, -0.2) is 49.7 Å². The zero-order valence-corrected chi connectivity index (χ0v) is 17.0. The van der Waals surface area contributed by atoms with Crippen molar-refractivity contribution in [2.75, 3.05) is 26.2 Å². The molecule has 1 saturated carbocycles. The third-order valence-corrected chi connectivity index (χ3v) is 7.76. The van der Waals surface area contributed by atoms with Gasteiger partial charge in [0.25, 0.3) is 0 Å². The maximum Gasteiger partial charge on any atom is 0.243 e. The van der Waals surface area contributed by atoms with Crippen molar-refractivity contribution in [3.05, 3.63) is 64.7 Å². The van der Waals surface area contributed by atoms with E-state index in [9.17, 15) is 22.0 Å². The minimum atomic E-state index is -3.95. The molecule has 0 aromatic heterocycles. The summed E-state index contributed by atoms with van der Waals surface area (Å²) in [5, 5.41) is 0.605. The Labute approximate surface area is 172 Å². The van der Waals surface area contributed by atoms with E-state index in [0.717, 1.165) is 30.5 Å². The number of carbonyl (C=O) groups excluding carboxylic acids is 1. The van der Waals surface area contributed by atoms with Crippen LogP contribution in [0.1, 0.15) is 18.4 Å². The van der Waals surface area contributed by atoms with Gasteiger partial charge >= 0.3 is 0 Å². The predicted octanol–water partition coefficient (Wildman–Crippen LogP) is 3.18. The maximum atomic E-state index is 13.4. The lowest BCUT2D eigenvalue weighted by atomic mass is 9.94. The van der Waals surface area contributed by atoms with Gasteiger partial charge in [0.15, 0.2) is 11.6 Å². The second-order valence-corrected chi connectivity index (χ2v) is 9.74. The van der Waals surface area contributed by atoms with Crippen LogP contribution in [0.15, 0.2) is 47.4 Å². The van der Waals surface area contributed by atoms with E-state index in [1.807, 2.05) is 12.1 Å². The van der Waals surface area contributed by atoms with E-state index >= 15 is 0 Å². The van der Waals surface area contributed by atoms with E-state index in [1.54, 1.807) is 17.0 Å². The molecule has 1 aliphatic heterocycles. The zero-order valence-electron chi connectivity index (χ0n) is 15.4. The topological polar surface area (TPSA) is 57.7 Å². The van der Waals surface area contributed by atoms with Crippen LogP contribution in [-0.2, 0) is 20.2 Å². The molecule has 0 spiro atoms. The number of amides is 1. The van der Waals surface area contributed by atoms with Gasteiger partial charge in [0, 0.05) is 31.2 Å². The van der Waals surface area contributed by atoms with Crippen LogP contribution < -0.4 is 0 Å². The summed E-state index contributed by atoms with van der Waals surface area (Å²) >= 11 is 5.94. The zero-order chi connectivity index (χ0) is 20.8. The molecule has 0 bridgehead atoms. The number of benzene rings is 2. The van der Waals surface area contributed by atoms with Crippen LogP contribution in [0.3, 0.4) is 0 Å². The number of rotatable bonds is 4. The minimum absolute atomic E-state index is 0.00954. The normalized spacial score (nSPS) is 19.2. The molecule has 1 amide bonds. The highest BCUT2D eigenvalue weighted by molar-refractivity contribution is 7.89. The Kier molecular flexibility index (Phi) is 5.13. The Balaban J connectivity index is 1.46. The Morgan fingerprint density at radius 2 is 1.55 bits per heavy atom. The van der Waals surface area contributed by atoms with Gasteiger partial charge in [-0.1, -0.05) is 23.7 Å². The van der Waals surface area contributed by atoms with E-state index in [2.05, 4.69) is 0 Å². The average molecular weight is 441 g/mol. The highest BCUT2D eigenvalue weighted by atomic mass is 35.5. The summed E-state index contributed by atoms with van der Waals surface area (Å²) in [5.74, 6) is -2.32. The summed E-state index contributed by atoms with van der Waals surface area (Å²) in [5.41, 5.74) is 0.370. The molecule has 4 rings (SSSR count). The van der Waals surface area contributed by atoms with Crippen LogP contribution >= 0.6 is 11.6 Å². The largest absolute Gasteiger partial charge is 0.339 e. The fourth-order valence-corrected chi connectivity index (χ4v) is 5.30. The van der Waals surface area contributed by atoms with Crippen molar-refractivity contribution >= 4 is 27.5 Å². The molecule has 2 aliphatic rings. The monoisotopic (exact) mass is 440 g/mol. The number of nitrogens with zero attached hydrogens (tertiary/aromatic N) is 2. The molecular weight excluding hydrogens is 422 g/mol. The third-order valence-electron chi connectivity index (χ3n) is 5.61. The summed E-state index contributed by atoms with van der Waals surface area (Å²) < 4.78 is 53.2. The van der Waals surface area contributed by atoms with Crippen LogP contribution in [0.4, 0.5) is 8.78 Å². The van der Waals surface area contributed by atoms with Gasteiger partial charge in [0.05, 0.1) is 10.3 Å². The molecule has 2 aromatic carbocycles. The molecular formula is C20H19ClF2N2O3S. The van der Waals surface area contributed by atoms with Crippen molar-refractivity contribution in [2.24, 2.45) is 0 Å². The van der Waals surface area contributed by atoms with Crippen LogP contribution in [0, 0.1) is 11.6 Å². The van der Waals surface area contributed by atoms with Crippen molar-refractivity contribution in [1.82, 2.24) is 9.21 Å². The van der Waals surface area contributed by atoms with Gasteiger partial charge in [-0.2, -0.15) is 4.31 Å². The fourth-order valence-electron chi connectivity index (χ4n) is 3.74. The Morgan fingerprint density at radius 1 is 0.931 bits per heavy atom. The maximum absolute atomic E-state index is 13.4. The highest BCUT2D eigenvalue weighted by Gasteiger charge is 2.53. The molecule has 2 aromatic rings. The van der Waals surface area contributed by atoms with Crippen LogP contribution in [0.25, 0.3) is 0 Å². The van der Waals surface area contributed by atoms with Gasteiger partial charge in [-0.3, -0.25) is 4.79 Å². The molecule has 154 valence electrons. The molecule has 1 saturated heterocycles. The predicted molar refractivity (Wildman–Crippen MR) is 104 cm³/mol. The lowest BCUT2D eigenvalue weighted by Gasteiger charge is -2.36. The summed E-state index contributed by atoms with van der Waals surface area (Å²) in [6.45, 7) is 0.696. The number of halogens is 3. The first kappa shape index (κ1) is 20.3. The number of hydrogen-bond donors (Lipinski definition) is 0. The van der Waals surface area contributed by atoms with E-state index in [4.69, 9.17) is 11.6 Å². The van der Waals surface area contributed by atoms with E-state index in [0.29, 0.717) is 11.1 Å². The quantitative estimate of drug-likeness (QED) is 0.733. The first-order valence-electron chi connectivity index (χ1n) is 9.25. The number of piperazine rings is 1. The van der Waals surface area contributed by atoms with Crippen LogP contribution in [0.5, 0.6) is 0 Å². The fraction of sp³-hybridized carbons (Fsp3) is 0.350. The van der Waals surface area contributed by atoms with E-state index in [1.165, 1.54) is 4.31 Å². The SMILES string of the molecule is O=C(N1CCN(S(=O)(=O)c2ccc(F)c(F)c2)CC1)C1(c2ccc(Cl)cc2)CC1. The molecule has 5 nitrogen and oxygen atoms in total. The van der Waals surface area contributed by atoms with E-state index in [-0.39, 0.29) is 37.0 Å². The second-order valence-electron chi connectivity index (χ2n) is 7.36. The van der Waals surface area contributed by atoms with Gasteiger partial charge in [-0.05, 0) is 48.7 Å². The Morgan fingerprint density at radius 3 is 2.10 bits per heavy atom. The van der Waals surface area contributed by atoms with Gasteiger partial charge in [-0.25, -0.2) is 17.2 Å². The standard InChI is InChI=1S/C20H19ClF2N2O3S/c21-15-3-1-14(2-4-15)20(7-8-20)19(26)24-9-11-25(12-10-24)29(27,28)16-5-6-17(22)18(23)13-16/h1-6,13H,7-12H2. The molecule has 1 heterocycles. The first-order chi connectivity index (χ1) is 13.7. The van der Waals surface area contributed by atoms with Crippen LogP contribution in [0.2, 0.25) is 5.02 Å². The van der Waals surface area contributed by atoms with Crippen molar-refractivity contribution in [3.8, 4) is 0 Å². The summed E-state index contributed by atoms with van der Waals surface area (Å²) in [6, 6.07) is 9.76. The second kappa shape index (κ2) is 7.34. The van der Waals surface area contributed by atoms with Crippen molar-refractivity contribution < 1.29 is 22.0 Å². The molecule has 0 radical (unpaired) electrons. The van der Waals surface area contributed by atoms with Gasteiger partial charge in [0.1, 0.15) is 0 Å². The van der Waals surface area contributed by atoms with E-state index < -0.39 is 27.1 Å². The van der Waals surface area contributed by atoms with Gasteiger partial charge in [-0.15, -0.1) is 0 Å². The Hall–Kier alpha value is -2.03. The number of hydrogen-bond acceptors (Lipinski definition) is 3. The molecule has 0 unspecified atom stereocenters. The lowest BCUT2D eigenvalue weighted by Crippen LogP contribution is -2.52. The lowest BCUT2D eigenvalue weighted by molar-refractivity contribution is -0.135. The molecule has 0 N–H and O–H groups in total. The average Bonchev–Trinajstić information content (AvgIpc) is 3.52. The molecule has 29 heavy (non-hydrogen) atoms. The number of sulfonamides is 1. The molecule has 1 aliphatic carbocycles. The van der Waals surface area contributed by atoms with Crippen molar-refractivity contribution in [2.45, 2.75) is 23.2 Å². The van der Waals surface area contributed by atoms with Gasteiger partial charge in [0.2, 0.25) is 15.9 Å². The highest BCUT2D eigenvalue weighted by Crippen LogP contribution is 2.50. The van der Waals surface area contributed by atoms with Crippen molar-refractivity contribution in [3.63, 3.8) is 0 Å². The van der Waals surface area contributed by atoms with Crippen molar-refractivity contribution in [1.29, 1.82) is 0 Å². The summed E-state index contributed by atoms with van der Waals surface area (Å²) in [4.78, 5) is 14.5. The smallest absolute Gasteiger partial charge is 0.243 e. The Bertz CT molecular complexity index is 1050.